The van der Waals surface area contributed by atoms with Gasteiger partial charge in [-0.05, 0) is 62.3 Å². The molecule has 1 atom stereocenters. The van der Waals surface area contributed by atoms with Gasteiger partial charge < -0.3 is 10.1 Å². The van der Waals surface area contributed by atoms with Crippen LogP contribution in [0.15, 0.2) is 63.0 Å². The molecule has 0 unspecified atom stereocenters. The van der Waals surface area contributed by atoms with Crippen molar-refractivity contribution in [1.29, 1.82) is 0 Å². The average Bonchev–Trinajstić information content (AvgIpc) is 2.71. The lowest BCUT2D eigenvalue weighted by atomic mass is 9.68. The van der Waals surface area contributed by atoms with Crippen LogP contribution in [0, 0.1) is 5.41 Å². The first-order chi connectivity index (χ1) is 14.8. The van der Waals surface area contributed by atoms with E-state index in [1.807, 2.05) is 12.1 Å². The molecule has 2 aliphatic rings. The quantitative estimate of drug-likeness (QED) is 0.362. The van der Waals surface area contributed by atoms with Crippen molar-refractivity contribution >= 4 is 59.7 Å². The van der Waals surface area contributed by atoms with E-state index in [-0.39, 0.29) is 17.2 Å². The molecule has 0 saturated carbocycles. The van der Waals surface area contributed by atoms with Gasteiger partial charge >= 0.3 is 0 Å². The zero-order valence-electron chi connectivity index (χ0n) is 17.7. The molecule has 0 aromatic heterocycles. The summed E-state index contributed by atoms with van der Waals surface area (Å²) < 4.78 is 7.55. The third-order valence-corrected chi connectivity index (χ3v) is 7.34. The molecular formula is C26H23Br2NO2. The molecule has 1 aliphatic carbocycles. The number of nitrogens with one attached hydrogen (secondary N) is 1. The van der Waals surface area contributed by atoms with E-state index in [4.69, 9.17) is 4.74 Å². The van der Waals surface area contributed by atoms with Crippen LogP contribution in [0.2, 0.25) is 0 Å². The highest BCUT2D eigenvalue weighted by Crippen LogP contribution is 2.53. The second kappa shape index (κ2) is 7.49. The number of hydrogen-bond donors (Lipinski definition) is 1. The Labute approximate surface area is 199 Å². The molecule has 158 valence electrons. The minimum atomic E-state index is -0.268. The molecule has 0 amide bonds. The molecule has 0 spiro atoms. The van der Waals surface area contributed by atoms with Crippen LogP contribution in [-0.2, 0) is 4.79 Å². The predicted octanol–water partition coefficient (Wildman–Crippen LogP) is 7.68. The highest BCUT2D eigenvalue weighted by molar-refractivity contribution is 9.11. The Hall–Kier alpha value is -2.11. The Morgan fingerprint density at radius 3 is 2.61 bits per heavy atom. The largest absolute Gasteiger partial charge is 0.495 e. The van der Waals surface area contributed by atoms with Gasteiger partial charge in [0.1, 0.15) is 5.75 Å². The van der Waals surface area contributed by atoms with Crippen molar-refractivity contribution in [2.45, 2.75) is 32.7 Å². The van der Waals surface area contributed by atoms with Gasteiger partial charge in [-0.25, -0.2) is 0 Å². The topological polar surface area (TPSA) is 38.3 Å². The first-order valence-corrected chi connectivity index (χ1v) is 12.0. The number of hydrogen-bond acceptors (Lipinski definition) is 3. The fourth-order valence-corrected chi connectivity index (χ4v) is 6.50. The van der Waals surface area contributed by atoms with Gasteiger partial charge in [-0.2, -0.15) is 0 Å². The van der Waals surface area contributed by atoms with Crippen molar-refractivity contribution in [2.75, 3.05) is 12.4 Å². The van der Waals surface area contributed by atoms with E-state index < -0.39 is 0 Å². The minimum Gasteiger partial charge on any atom is -0.495 e. The third-order valence-electron chi connectivity index (χ3n) is 6.29. The summed E-state index contributed by atoms with van der Waals surface area (Å²) in [5.41, 5.74) is 5.13. The van der Waals surface area contributed by atoms with Gasteiger partial charge in [-0.1, -0.05) is 60.1 Å². The molecule has 0 saturated heterocycles. The van der Waals surface area contributed by atoms with Crippen molar-refractivity contribution in [3.8, 4) is 5.75 Å². The van der Waals surface area contributed by atoms with Crippen LogP contribution in [0.3, 0.4) is 0 Å². The summed E-state index contributed by atoms with van der Waals surface area (Å²) in [6.45, 7) is 4.37. The zero-order valence-corrected chi connectivity index (χ0v) is 20.9. The van der Waals surface area contributed by atoms with Crippen LogP contribution < -0.4 is 10.1 Å². The number of anilines is 1. The van der Waals surface area contributed by atoms with Gasteiger partial charge in [-0.15, -0.1) is 0 Å². The summed E-state index contributed by atoms with van der Waals surface area (Å²) >= 11 is 7.24. The Bertz CT molecular complexity index is 1280. The van der Waals surface area contributed by atoms with Crippen LogP contribution in [-0.4, -0.2) is 12.9 Å². The fourth-order valence-electron chi connectivity index (χ4n) is 5.08. The fraction of sp³-hybridized carbons (Fsp3) is 0.269. The zero-order chi connectivity index (χ0) is 21.9. The Morgan fingerprint density at radius 2 is 1.84 bits per heavy atom. The molecule has 3 nitrogen and oxygen atoms in total. The number of allylic oxidation sites excluding steroid dienone is 1. The van der Waals surface area contributed by atoms with Crippen LogP contribution >= 0.6 is 31.9 Å². The van der Waals surface area contributed by atoms with E-state index in [1.165, 1.54) is 16.3 Å². The molecule has 0 fully saturated rings. The van der Waals surface area contributed by atoms with E-state index in [0.717, 1.165) is 43.5 Å². The first-order valence-electron chi connectivity index (χ1n) is 10.4. The van der Waals surface area contributed by atoms with Gasteiger partial charge in [0.15, 0.2) is 5.78 Å². The van der Waals surface area contributed by atoms with Gasteiger partial charge in [0.25, 0.3) is 0 Å². The molecule has 0 bridgehead atoms. The molecule has 0 radical (unpaired) electrons. The van der Waals surface area contributed by atoms with Crippen molar-refractivity contribution in [3.05, 3.63) is 74.2 Å². The minimum absolute atomic E-state index is 0.0754. The Morgan fingerprint density at radius 1 is 1.06 bits per heavy atom. The van der Waals surface area contributed by atoms with Gasteiger partial charge in [-0.3, -0.25) is 4.79 Å². The summed E-state index contributed by atoms with van der Waals surface area (Å²) in [4.78, 5) is 13.6. The standard InChI is InChI=1S/C26H23Br2NO2/c1-26(2)12-18-22-16-7-5-4-6-14(16)8-9-20(22)29-24(23(18)21(30)13-26)17-10-15(27)11-19(28)25(17)31-3/h4-11,24,29H,12-13H2,1-3H3/t24-/m1/s1. The summed E-state index contributed by atoms with van der Waals surface area (Å²) in [6.07, 6.45) is 1.41. The first kappa shape index (κ1) is 20.8. The maximum absolute atomic E-state index is 13.6. The van der Waals surface area contributed by atoms with Gasteiger partial charge in [0.2, 0.25) is 0 Å². The number of Topliss-reactive ketones (excluding diaryl/α,β-unsaturated/α-hetero) is 1. The second-order valence-electron chi connectivity index (χ2n) is 9.13. The highest BCUT2D eigenvalue weighted by atomic mass is 79.9. The number of fused-ring (bicyclic) bond motifs is 4. The molecule has 3 aromatic carbocycles. The summed E-state index contributed by atoms with van der Waals surface area (Å²) in [5.74, 6) is 0.954. The second-order valence-corrected chi connectivity index (χ2v) is 10.9. The van der Waals surface area contributed by atoms with Crippen molar-refractivity contribution in [3.63, 3.8) is 0 Å². The van der Waals surface area contributed by atoms with E-state index in [1.54, 1.807) is 7.11 Å². The number of methoxy groups -OCH3 is 1. The number of halogens is 2. The molecular weight excluding hydrogens is 518 g/mol. The maximum atomic E-state index is 13.6. The molecule has 5 rings (SSSR count). The van der Waals surface area contributed by atoms with E-state index >= 15 is 0 Å². The number of rotatable bonds is 2. The van der Waals surface area contributed by atoms with E-state index in [0.29, 0.717) is 6.42 Å². The highest BCUT2D eigenvalue weighted by Gasteiger charge is 2.41. The number of ether oxygens (including phenoxy) is 1. The molecule has 1 aliphatic heterocycles. The van der Waals surface area contributed by atoms with Crippen molar-refractivity contribution in [2.24, 2.45) is 5.41 Å². The lowest BCUT2D eigenvalue weighted by molar-refractivity contribution is -0.118. The summed E-state index contributed by atoms with van der Waals surface area (Å²) in [6, 6.07) is 16.4. The molecule has 3 aromatic rings. The van der Waals surface area contributed by atoms with E-state index in [9.17, 15) is 4.79 Å². The summed E-state index contributed by atoms with van der Waals surface area (Å²) in [5, 5.41) is 6.06. The average molecular weight is 541 g/mol. The maximum Gasteiger partial charge on any atom is 0.162 e. The number of benzene rings is 3. The monoisotopic (exact) mass is 539 g/mol. The van der Waals surface area contributed by atoms with Crippen molar-refractivity contribution in [1.82, 2.24) is 0 Å². The lowest BCUT2D eigenvalue weighted by Gasteiger charge is -2.40. The normalized spacial score (nSPS) is 19.6. The van der Waals surface area contributed by atoms with Crippen LogP contribution in [0.1, 0.15) is 43.9 Å². The van der Waals surface area contributed by atoms with Crippen LogP contribution in [0.25, 0.3) is 16.3 Å². The third kappa shape index (κ3) is 3.42. The molecule has 31 heavy (non-hydrogen) atoms. The Kier molecular flexibility index (Phi) is 5.02. The molecule has 5 heteroatoms. The van der Waals surface area contributed by atoms with E-state index in [2.05, 4.69) is 87.4 Å². The molecule has 1 heterocycles. The number of carbonyl (C=O) groups is 1. The molecule has 1 N–H and O–H groups in total. The van der Waals surface area contributed by atoms with Gasteiger partial charge in [0.05, 0.1) is 17.6 Å². The number of carbonyl (C=O) groups excluding carboxylic acids is 1. The van der Waals surface area contributed by atoms with Gasteiger partial charge in [0, 0.05) is 33.3 Å². The lowest BCUT2D eigenvalue weighted by Crippen LogP contribution is -2.33. The predicted molar refractivity (Wildman–Crippen MR) is 134 cm³/mol. The van der Waals surface area contributed by atoms with Crippen molar-refractivity contribution < 1.29 is 9.53 Å². The Balaban J connectivity index is 1.83. The van der Waals surface area contributed by atoms with Crippen LogP contribution in [0.5, 0.6) is 5.75 Å². The SMILES string of the molecule is COc1c(Br)cc(Br)cc1[C@H]1Nc2ccc3ccccc3c2C2=C1C(=O)CC(C)(C)C2. The van der Waals surface area contributed by atoms with Crippen LogP contribution in [0.4, 0.5) is 5.69 Å². The smallest absolute Gasteiger partial charge is 0.162 e. The number of ketones is 1. The summed E-state index contributed by atoms with van der Waals surface area (Å²) in [7, 11) is 1.67.